The predicted octanol–water partition coefficient (Wildman–Crippen LogP) is 6.02. The lowest BCUT2D eigenvalue weighted by molar-refractivity contribution is -0.142. The van der Waals surface area contributed by atoms with E-state index in [1.54, 1.807) is 37.4 Å². The van der Waals surface area contributed by atoms with Crippen molar-refractivity contribution in [3.63, 3.8) is 0 Å². The molecule has 4 aromatic carbocycles. The number of para-hydroxylation sites is 1. The summed E-state index contributed by atoms with van der Waals surface area (Å²) in [5.74, 6) is -3.37. The molecule has 4 atom stereocenters. The van der Waals surface area contributed by atoms with Gasteiger partial charge in [-0.2, -0.15) is 0 Å². The van der Waals surface area contributed by atoms with Gasteiger partial charge in [0.15, 0.2) is 0 Å². The quantitative estimate of drug-likeness (QED) is 0.182. The zero-order valence-corrected chi connectivity index (χ0v) is 21.6. The number of rotatable bonds is 3. The van der Waals surface area contributed by atoms with Gasteiger partial charge in [0.05, 0.1) is 35.6 Å². The lowest BCUT2D eigenvalue weighted by Gasteiger charge is -2.38. The van der Waals surface area contributed by atoms with Crippen molar-refractivity contribution in [2.75, 3.05) is 12.0 Å². The summed E-state index contributed by atoms with van der Waals surface area (Å²) in [6.45, 7) is 0. The van der Waals surface area contributed by atoms with Gasteiger partial charge >= 0.3 is 5.97 Å². The number of hydrogen-bond acceptors (Lipinski definition) is 5. The summed E-state index contributed by atoms with van der Waals surface area (Å²) in [4.78, 5) is 43.0. The summed E-state index contributed by atoms with van der Waals surface area (Å²) >= 11 is 6.45. The largest absolute Gasteiger partial charge is 0.497 e. The first-order valence-electron chi connectivity index (χ1n) is 12.7. The second-order valence-electron chi connectivity index (χ2n) is 9.99. The van der Waals surface area contributed by atoms with Crippen LogP contribution in [-0.4, -0.2) is 24.9 Å². The molecule has 0 saturated carbocycles. The van der Waals surface area contributed by atoms with E-state index in [1.165, 1.54) is 0 Å². The Morgan fingerprint density at radius 1 is 0.821 bits per heavy atom. The molecule has 0 bridgehead atoms. The van der Waals surface area contributed by atoms with Gasteiger partial charge in [-0.3, -0.25) is 14.4 Å². The Balaban J connectivity index is 1.47. The minimum atomic E-state index is -0.944. The van der Waals surface area contributed by atoms with Gasteiger partial charge in [0, 0.05) is 11.5 Å². The van der Waals surface area contributed by atoms with Crippen LogP contribution in [-0.2, 0) is 14.4 Å². The summed E-state index contributed by atoms with van der Waals surface area (Å²) in [6.07, 6.45) is 1.99. The third kappa shape index (κ3) is 3.45. The lowest BCUT2D eigenvalue weighted by Crippen LogP contribution is -2.42. The zero-order valence-electron chi connectivity index (χ0n) is 20.8. The predicted molar refractivity (Wildman–Crippen MR) is 148 cm³/mol. The van der Waals surface area contributed by atoms with E-state index in [2.05, 4.69) is 0 Å². The molecule has 1 aliphatic carbocycles. The Bertz CT molecular complexity index is 1730. The number of imide groups is 1. The number of fused-ring (bicyclic) bond motifs is 7. The summed E-state index contributed by atoms with van der Waals surface area (Å²) in [7, 11) is 1.59. The molecule has 0 unspecified atom stereocenters. The average molecular weight is 536 g/mol. The molecule has 3 aliphatic rings. The lowest BCUT2D eigenvalue weighted by atomic mass is 9.64. The van der Waals surface area contributed by atoms with E-state index >= 15 is 0 Å². The van der Waals surface area contributed by atoms with Crippen LogP contribution in [0.5, 0.6) is 11.5 Å². The number of hydrogen-bond donors (Lipinski definition) is 0. The molecule has 0 spiro atoms. The van der Waals surface area contributed by atoms with Gasteiger partial charge in [-0.25, -0.2) is 4.90 Å². The first-order chi connectivity index (χ1) is 19.0. The summed E-state index contributed by atoms with van der Waals surface area (Å²) in [6, 6.07) is 25.8. The molecule has 7 rings (SSSR count). The van der Waals surface area contributed by atoms with Crippen molar-refractivity contribution in [3.8, 4) is 11.5 Å². The molecule has 192 valence electrons. The molecule has 0 N–H and O–H groups in total. The van der Waals surface area contributed by atoms with Crippen molar-refractivity contribution in [1.82, 2.24) is 0 Å². The average Bonchev–Trinajstić information content (AvgIpc) is 3.22. The maximum absolute atomic E-state index is 14.1. The highest BCUT2D eigenvalue weighted by Crippen LogP contribution is 2.56. The Morgan fingerprint density at radius 3 is 2.31 bits per heavy atom. The van der Waals surface area contributed by atoms with Crippen LogP contribution in [0.1, 0.15) is 17.0 Å². The van der Waals surface area contributed by atoms with Crippen molar-refractivity contribution in [3.05, 3.63) is 107 Å². The van der Waals surface area contributed by atoms with Gasteiger partial charge in [0.1, 0.15) is 11.5 Å². The number of allylic oxidation sites excluding steroid dienone is 1. The van der Waals surface area contributed by atoms with Crippen LogP contribution in [0, 0.1) is 17.8 Å². The van der Waals surface area contributed by atoms with Crippen LogP contribution in [0.25, 0.3) is 16.3 Å². The van der Waals surface area contributed by atoms with Crippen LogP contribution < -0.4 is 14.4 Å². The molecule has 1 fully saturated rings. The number of esters is 1. The van der Waals surface area contributed by atoms with Gasteiger partial charge in [-0.15, -0.1) is 0 Å². The van der Waals surface area contributed by atoms with E-state index in [9.17, 15) is 14.4 Å². The number of benzene rings is 4. The zero-order chi connectivity index (χ0) is 26.8. The van der Waals surface area contributed by atoms with Gasteiger partial charge in [0.2, 0.25) is 11.8 Å². The number of carbonyl (C=O) groups excluding carboxylic acids is 3. The first-order valence-corrected chi connectivity index (χ1v) is 13.1. The fourth-order valence-electron chi connectivity index (χ4n) is 6.35. The Morgan fingerprint density at radius 2 is 1.54 bits per heavy atom. The third-order valence-electron chi connectivity index (χ3n) is 8.08. The monoisotopic (exact) mass is 535 g/mol. The van der Waals surface area contributed by atoms with E-state index < -0.39 is 35.5 Å². The molecule has 0 radical (unpaired) electrons. The molecule has 0 aromatic heterocycles. The third-order valence-corrected chi connectivity index (χ3v) is 8.40. The smallest absolute Gasteiger partial charge is 0.319 e. The van der Waals surface area contributed by atoms with Crippen molar-refractivity contribution in [1.29, 1.82) is 0 Å². The fraction of sp³-hybridized carbons (Fsp3) is 0.156. The van der Waals surface area contributed by atoms with Crippen LogP contribution in [0.15, 0.2) is 91.0 Å². The molecule has 7 heteroatoms. The Hall–Kier alpha value is -4.42. The SMILES string of the molecule is COc1ccc([C@@H]2C=C3c4c(ccc5ccccc45)OC(=O)[C@@H]3[C@H]3C(=O)N(c4ccccc4Cl)C(=O)[C@@H]32)cc1. The number of ether oxygens (including phenoxy) is 2. The maximum atomic E-state index is 14.1. The highest BCUT2D eigenvalue weighted by Gasteiger charge is 2.60. The molecule has 1 saturated heterocycles. The molecule has 2 amide bonds. The van der Waals surface area contributed by atoms with E-state index in [1.807, 2.05) is 60.7 Å². The normalized spacial score (nSPS) is 23.6. The second kappa shape index (κ2) is 8.82. The van der Waals surface area contributed by atoms with E-state index in [0.29, 0.717) is 22.8 Å². The topological polar surface area (TPSA) is 72.9 Å². The number of halogens is 1. The Kier molecular flexibility index (Phi) is 5.35. The van der Waals surface area contributed by atoms with E-state index in [0.717, 1.165) is 26.8 Å². The number of anilines is 1. The summed E-state index contributed by atoms with van der Waals surface area (Å²) in [5.41, 5.74) is 2.65. The summed E-state index contributed by atoms with van der Waals surface area (Å²) in [5, 5.41) is 2.20. The number of amides is 2. The molecule has 4 aromatic rings. The van der Waals surface area contributed by atoms with Crippen LogP contribution in [0.3, 0.4) is 0 Å². The highest BCUT2D eigenvalue weighted by molar-refractivity contribution is 6.36. The summed E-state index contributed by atoms with van der Waals surface area (Å²) < 4.78 is 11.2. The number of carbonyl (C=O) groups is 3. The molecule has 2 aliphatic heterocycles. The highest BCUT2D eigenvalue weighted by atomic mass is 35.5. The van der Waals surface area contributed by atoms with E-state index in [-0.39, 0.29) is 10.9 Å². The van der Waals surface area contributed by atoms with Gasteiger partial charge in [0.25, 0.3) is 0 Å². The maximum Gasteiger partial charge on any atom is 0.319 e. The minimum Gasteiger partial charge on any atom is -0.497 e. The van der Waals surface area contributed by atoms with Crippen molar-refractivity contribution < 1.29 is 23.9 Å². The van der Waals surface area contributed by atoms with Gasteiger partial charge in [-0.1, -0.05) is 72.3 Å². The van der Waals surface area contributed by atoms with E-state index in [4.69, 9.17) is 21.1 Å². The number of nitrogens with zero attached hydrogens (tertiary/aromatic N) is 1. The van der Waals surface area contributed by atoms with Crippen molar-refractivity contribution >= 4 is 51.4 Å². The standard InChI is InChI=1S/C32H22ClNO5/c1-38-19-13-10-18(11-14-19)21-16-22-26-20-7-3-2-6-17(20)12-15-25(26)39-32(37)28(22)29-27(21)30(35)34(31(29)36)24-9-5-4-8-23(24)33/h2-16,21,27-29H,1H3/t21-,27+,28-,29-/m0/s1. The second-order valence-corrected chi connectivity index (χ2v) is 10.4. The Labute approximate surface area is 229 Å². The van der Waals surface area contributed by atoms with Gasteiger partial charge in [-0.05, 0) is 52.2 Å². The minimum absolute atomic E-state index is 0.287. The van der Waals surface area contributed by atoms with Crippen molar-refractivity contribution in [2.45, 2.75) is 5.92 Å². The first kappa shape index (κ1) is 23.7. The van der Waals surface area contributed by atoms with Crippen LogP contribution in [0.2, 0.25) is 5.02 Å². The molecule has 2 heterocycles. The van der Waals surface area contributed by atoms with Crippen LogP contribution >= 0.6 is 11.6 Å². The van der Waals surface area contributed by atoms with Crippen molar-refractivity contribution in [2.24, 2.45) is 17.8 Å². The molecular weight excluding hydrogens is 514 g/mol. The number of methoxy groups -OCH3 is 1. The molecule has 6 nitrogen and oxygen atoms in total. The van der Waals surface area contributed by atoms with Crippen LogP contribution in [0.4, 0.5) is 5.69 Å². The molecule has 39 heavy (non-hydrogen) atoms. The molecular formula is C32H22ClNO5. The fourth-order valence-corrected chi connectivity index (χ4v) is 6.57. The van der Waals surface area contributed by atoms with Gasteiger partial charge < -0.3 is 9.47 Å².